The monoisotopic (exact) mass is 360 g/mol. The summed E-state index contributed by atoms with van der Waals surface area (Å²) in [5, 5.41) is 3.77. The number of para-hydroxylation sites is 1. The Morgan fingerprint density at radius 1 is 0.857 bits per heavy atom. The molecule has 1 atom stereocenters. The second-order valence-electron chi connectivity index (χ2n) is 7.70. The maximum absolute atomic E-state index is 5.04. The Hall–Kier alpha value is -3.39. The van der Waals surface area contributed by atoms with Crippen LogP contribution in [0.4, 0.5) is 5.69 Å². The lowest BCUT2D eigenvalue weighted by atomic mass is 9.92. The first-order valence-electron chi connectivity index (χ1n) is 9.92. The number of aromatic nitrogens is 1. The van der Waals surface area contributed by atoms with Gasteiger partial charge in [0.2, 0.25) is 0 Å². The van der Waals surface area contributed by atoms with Gasteiger partial charge in [-0.1, -0.05) is 60.7 Å². The van der Waals surface area contributed by atoms with E-state index < -0.39 is 0 Å². The first kappa shape index (κ1) is 15.6. The zero-order valence-electron chi connectivity index (χ0n) is 15.5. The Balaban J connectivity index is 1.57. The molecule has 3 aromatic carbocycles. The number of hydrogen-bond acceptors (Lipinski definition) is 1. The van der Waals surface area contributed by atoms with E-state index in [1.54, 1.807) is 0 Å². The molecule has 134 valence electrons. The Labute approximate surface area is 163 Å². The number of nitrogens with one attached hydrogen (secondary N) is 1. The van der Waals surface area contributed by atoms with Crippen LogP contribution in [0.5, 0.6) is 0 Å². The number of H-pyrrole nitrogens is 1. The lowest BCUT2D eigenvalue weighted by Gasteiger charge is -2.12. The van der Waals surface area contributed by atoms with Crippen molar-refractivity contribution in [3.63, 3.8) is 0 Å². The molecule has 1 aromatic heterocycles. The summed E-state index contributed by atoms with van der Waals surface area (Å²) in [5.74, 6) is 0.376. The number of aryl methyl sites for hydroxylation is 1. The van der Waals surface area contributed by atoms with Crippen molar-refractivity contribution in [2.75, 3.05) is 0 Å². The summed E-state index contributed by atoms with van der Waals surface area (Å²) in [6.07, 6.45) is 6.86. The van der Waals surface area contributed by atoms with Crippen molar-refractivity contribution >= 4 is 34.5 Å². The Bertz CT molecular complexity index is 1360. The van der Waals surface area contributed by atoms with E-state index >= 15 is 0 Å². The van der Waals surface area contributed by atoms with Crippen molar-refractivity contribution in [2.24, 2.45) is 10.9 Å². The Morgan fingerprint density at radius 2 is 1.71 bits per heavy atom. The summed E-state index contributed by atoms with van der Waals surface area (Å²) in [6.45, 7) is 0. The van der Waals surface area contributed by atoms with E-state index in [2.05, 4.69) is 89.9 Å². The lowest BCUT2D eigenvalue weighted by molar-refractivity contribution is 0.779. The second-order valence-corrected chi connectivity index (χ2v) is 7.70. The number of aromatic amines is 1. The van der Waals surface area contributed by atoms with Crippen LogP contribution in [0.25, 0.3) is 34.2 Å². The van der Waals surface area contributed by atoms with E-state index in [0.29, 0.717) is 5.92 Å². The first-order valence-corrected chi connectivity index (χ1v) is 9.92. The van der Waals surface area contributed by atoms with Gasteiger partial charge in [-0.15, -0.1) is 0 Å². The van der Waals surface area contributed by atoms with Crippen molar-refractivity contribution < 1.29 is 0 Å². The third kappa shape index (κ3) is 2.45. The number of fused-ring (bicyclic) bond motifs is 5. The molecular formula is C26H20N2. The smallest absolute Gasteiger partial charge is 0.0665 e. The third-order valence-corrected chi connectivity index (χ3v) is 5.98. The number of benzene rings is 3. The topological polar surface area (TPSA) is 28.1 Å². The highest BCUT2D eigenvalue weighted by atomic mass is 14.8. The van der Waals surface area contributed by atoms with Crippen molar-refractivity contribution in [1.29, 1.82) is 0 Å². The van der Waals surface area contributed by atoms with E-state index in [4.69, 9.17) is 4.99 Å². The molecule has 1 aliphatic carbocycles. The fourth-order valence-corrected chi connectivity index (χ4v) is 4.50. The minimum Gasteiger partial charge on any atom is -0.355 e. The molecule has 0 saturated heterocycles. The predicted octanol–water partition coefficient (Wildman–Crippen LogP) is 4.74. The van der Waals surface area contributed by atoms with Crippen molar-refractivity contribution in [3.8, 4) is 11.1 Å². The molecule has 0 spiro atoms. The van der Waals surface area contributed by atoms with E-state index in [1.807, 2.05) is 0 Å². The summed E-state index contributed by atoms with van der Waals surface area (Å²) in [7, 11) is 0. The fourth-order valence-electron chi connectivity index (χ4n) is 4.50. The molecule has 1 aliphatic heterocycles. The molecule has 28 heavy (non-hydrogen) atoms. The van der Waals surface area contributed by atoms with Crippen LogP contribution in [0.15, 0.2) is 77.8 Å². The van der Waals surface area contributed by atoms with Gasteiger partial charge in [0.25, 0.3) is 0 Å². The van der Waals surface area contributed by atoms with Gasteiger partial charge in [-0.3, -0.25) is 4.99 Å². The highest BCUT2D eigenvalue weighted by Gasteiger charge is 2.21. The molecule has 0 amide bonds. The molecule has 2 aliphatic rings. The lowest BCUT2D eigenvalue weighted by Crippen LogP contribution is -2.32. The highest BCUT2D eigenvalue weighted by molar-refractivity contribution is 6.17. The maximum Gasteiger partial charge on any atom is 0.0665 e. The van der Waals surface area contributed by atoms with Crippen LogP contribution < -0.4 is 10.6 Å². The van der Waals surface area contributed by atoms with Crippen molar-refractivity contribution in [2.45, 2.75) is 12.8 Å². The van der Waals surface area contributed by atoms with Crippen LogP contribution >= 0.6 is 0 Å². The van der Waals surface area contributed by atoms with Gasteiger partial charge >= 0.3 is 0 Å². The van der Waals surface area contributed by atoms with Gasteiger partial charge < -0.3 is 4.98 Å². The summed E-state index contributed by atoms with van der Waals surface area (Å²) in [5.41, 5.74) is 7.35. The molecule has 0 fully saturated rings. The molecule has 0 bridgehead atoms. The second kappa shape index (κ2) is 6.07. The normalized spacial score (nSPS) is 17.4. The first-order chi connectivity index (χ1) is 13.8. The quantitative estimate of drug-likeness (QED) is 0.508. The minimum atomic E-state index is 0.376. The molecule has 2 heteroatoms. The number of hydrogen-bond donors (Lipinski definition) is 1. The van der Waals surface area contributed by atoms with Gasteiger partial charge in [-0.2, -0.15) is 0 Å². The number of aliphatic imine (C=N–C) groups is 1. The van der Waals surface area contributed by atoms with E-state index in [9.17, 15) is 0 Å². The van der Waals surface area contributed by atoms with E-state index in [-0.39, 0.29) is 0 Å². The maximum atomic E-state index is 5.04. The molecule has 1 unspecified atom stereocenters. The molecule has 6 rings (SSSR count). The van der Waals surface area contributed by atoms with Gasteiger partial charge in [0.05, 0.1) is 5.69 Å². The van der Waals surface area contributed by atoms with Gasteiger partial charge in [0.15, 0.2) is 0 Å². The summed E-state index contributed by atoms with van der Waals surface area (Å²) in [6, 6.07) is 25.8. The molecular weight excluding hydrogens is 340 g/mol. The Morgan fingerprint density at radius 3 is 2.64 bits per heavy atom. The van der Waals surface area contributed by atoms with Crippen LogP contribution in [0.1, 0.15) is 12.0 Å². The van der Waals surface area contributed by atoms with E-state index in [1.165, 1.54) is 43.9 Å². The summed E-state index contributed by atoms with van der Waals surface area (Å²) >= 11 is 0. The van der Waals surface area contributed by atoms with Gasteiger partial charge in [0, 0.05) is 33.1 Å². The Kier molecular flexibility index (Phi) is 3.39. The van der Waals surface area contributed by atoms with Crippen LogP contribution in [-0.4, -0.2) is 10.7 Å². The van der Waals surface area contributed by atoms with Crippen LogP contribution in [0.3, 0.4) is 0 Å². The highest BCUT2D eigenvalue weighted by Crippen LogP contribution is 2.29. The molecule has 2 heterocycles. The fraction of sp³-hybridized carbons (Fsp3) is 0.115. The zero-order chi connectivity index (χ0) is 18.5. The average molecular weight is 360 g/mol. The molecule has 1 N–H and O–H groups in total. The standard InChI is InChI=1S/C26H20N2/c1-2-6-17(7-3-1)19-12-13-24-21(14-19)22-16-25-20(15-26(22)28-24)11-10-18-8-4-5-9-23(18)27-25/h1-9,12-16,20,28H,10-11H2. The largest absolute Gasteiger partial charge is 0.355 e. The SMILES string of the molecule is C1=c2[nH]c3ccc(-c4ccccc4)cc3c2=CC2=Nc3ccccc3CCC12. The number of rotatable bonds is 1. The van der Waals surface area contributed by atoms with Gasteiger partial charge in [-0.05, 0) is 53.8 Å². The van der Waals surface area contributed by atoms with Crippen LogP contribution in [0, 0.1) is 5.92 Å². The van der Waals surface area contributed by atoms with E-state index in [0.717, 1.165) is 18.5 Å². The summed E-state index contributed by atoms with van der Waals surface area (Å²) in [4.78, 5) is 8.67. The van der Waals surface area contributed by atoms with Crippen LogP contribution in [0.2, 0.25) is 0 Å². The molecule has 2 nitrogen and oxygen atoms in total. The summed E-state index contributed by atoms with van der Waals surface area (Å²) < 4.78 is 0. The molecule has 0 saturated carbocycles. The van der Waals surface area contributed by atoms with Crippen LogP contribution in [-0.2, 0) is 6.42 Å². The molecule has 4 aromatic rings. The predicted molar refractivity (Wildman–Crippen MR) is 117 cm³/mol. The molecule has 0 radical (unpaired) electrons. The minimum absolute atomic E-state index is 0.376. The van der Waals surface area contributed by atoms with Crippen molar-refractivity contribution in [1.82, 2.24) is 4.98 Å². The van der Waals surface area contributed by atoms with Gasteiger partial charge in [-0.25, -0.2) is 0 Å². The number of nitrogens with zero attached hydrogens (tertiary/aromatic N) is 1. The third-order valence-electron chi connectivity index (χ3n) is 5.98. The average Bonchev–Trinajstić information content (AvgIpc) is 2.99. The van der Waals surface area contributed by atoms with Gasteiger partial charge in [0.1, 0.15) is 0 Å². The zero-order valence-corrected chi connectivity index (χ0v) is 15.5. The van der Waals surface area contributed by atoms with Crippen molar-refractivity contribution in [3.05, 3.63) is 88.9 Å².